The zero-order chi connectivity index (χ0) is 18.1. The highest BCUT2D eigenvalue weighted by Crippen LogP contribution is 2.24. The minimum Gasteiger partial charge on any atom is -0.334 e. The summed E-state index contributed by atoms with van der Waals surface area (Å²) in [6.07, 6.45) is 0. The quantitative estimate of drug-likeness (QED) is 0.524. The van der Waals surface area contributed by atoms with Gasteiger partial charge in [-0.25, -0.2) is 0 Å². The molecule has 0 radical (unpaired) electrons. The van der Waals surface area contributed by atoms with Crippen LogP contribution in [0.1, 0.15) is 11.4 Å². The number of rotatable bonds is 5. The fourth-order valence-corrected chi connectivity index (χ4v) is 4.27. The molecule has 132 valence electrons. The van der Waals surface area contributed by atoms with E-state index in [1.807, 2.05) is 48.7 Å². The number of hydrogen-bond acceptors (Lipinski definition) is 7. The highest BCUT2D eigenvalue weighted by molar-refractivity contribution is 7.84. The molecule has 0 aliphatic rings. The van der Waals surface area contributed by atoms with Crippen molar-refractivity contribution in [1.29, 1.82) is 0 Å². The van der Waals surface area contributed by atoms with Gasteiger partial charge in [0.25, 0.3) is 5.89 Å². The van der Waals surface area contributed by atoms with Gasteiger partial charge < -0.3 is 9.09 Å². The molecule has 0 aliphatic carbocycles. The van der Waals surface area contributed by atoms with Crippen molar-refractivity contribution in [3.8, 4) is 22.2 Å². The lowest BCUT2D eigenvalue weighted by Crippen LogP contribution is -2.05. The van der Waals surface area contributed by atoms with Gasteiger partial charge in [-0.3, -0.25) is 4.21 Å². The van der Waals surface area contributed by atoms with Crippen molar-refractivity contribution in [2.45, 2.75) is 17.8 Å². The lowest BCUT2D eigenvalue weighted by molar-refractivity contribution is 0.425. The molecule has 4 rings (SSSR count). The van der Waals surface area contributed by atoms with Gasteiger partial charge in [-0.1, -0.05) is 28.9 Å². The number of hydrogen-bond donors (Lipinski definition) is 0. The van der Waals surface area contributed by atoms with Crippen LogP contribution in [-0.4, -0.2) is 29.1 Å². The van der Waals surface area contributed by atoms with E-state index in [9.17, 15) is 4.21 Å². The number of thiophene rings is 1. The van der Waals surface area contributed by atoms with Crippen LogP contribution in [0.25, 0.3) is 22.2 Å². The van der Waals surface area contributed by atoms with Crippen LogP contribution in [0.15, 0.2) is 51.5 Å². The molecule has 0 saturated heterocycles. The average Bonchev–Trinajstić information content (AvgIpc) is 3.35. The van der Waals surface area contributed by atoms with Crippen LogP contribution in [0.5, 0.6) is 0 Å². The Hall–Kier alpha value is -2.65. The fraction of sp³-hybridized carbons (Fsp3) is 0.176. The minimum atomic E-state index is -1.43. The molecule has 0 bridgehead atoms. The minimum absolute atomic E-state index is 0.117. The van der Waals surface area contributed by atoms with Crippen molar-refractivity contribution in [2.75, 3.05) is 0 Å². The van der Waals surface area contributed by atoms with Crippen LogP contribution < -0.4 is 0 Å². The first-order chi connectivity index (χ1) is 12.6. The van der Waals surface area contributed by atoms with Crippen molar-refractivity contribution in [1.82, 2.24) is 24.9 Å². The van der Waals surface area contributed by atoms with Crippen molar-refractivity contribution in [3.05, 3.63) is 53.2 Å². The summed E-state index contributed by atoms with van der Waals surface area (Å²) in [4.78, 5) is 5.32. The molecule has 0 aliphatic heterocycles. The molecule has 3 aromatic heterocycles. The third kappa shape index (κ3) is 3.23. The molecule has 9 heteroatoms. The van der Waals surface area contributed by atoms with E-state index in [2.05, 4.69) is 20.3 Å². The summed E-state index contributed by atoms with van der Waals surface area (Å²) in [5.74, 6) is 1.60. The lowest BCUT2D eigenvalue weighted by atomic mass is 10.1. The molecular weight excluding hydrogens is 370 g/mol. The summed E-state index contributed by atoms with van der Waals surface area (Å²) in [5.41, 5.74) is 1.94. The predicted molar refractivity (Wildman–Crippen MR) is 98.9 cm³/mol. The third-order valence-electron chi connectivity index (χ3n) is 3.77. The molecule has 1 aromatic carbocycles. The van der Waals surface area contributed by atoms with Crippen molar-refractivity contribution in [2.24, 2.45) is 7.05 Å². The van der Waals surface area contributed by atoms with Gasteiger partial charge in [0.05, 0.1) is 21.4 Å². The number of benzene rings is 1. The van der Waals surface area contributed by atoms with E-state index in [1.54, 1.807) is 23.0 Å². The Morgan fingerprint density at radius 3 is 2.88 bits per heavy atom. The molecule has 3 heterocycles. The maximum atomic E-state index is 12.7. The largest absolute Gasteiger partial charge is 0.334 e. The van der Waals surface area contributed by atoms with Crippen LogP contribution >= 0.6 is 11.3 Å². The van der Waals surface area contributed by atoms with Gasteiger partial charge in [0.2, 0.25) is 5.16 Å². The molecule has 4 aromatic rings. The first-order valence-electron chi connectivity index (χ1n) is 7.83. The SMILES string of the molecule is Cc1cccc(-c2nc(CS(=O)c3nnc(-c4cccs4)n3C)no2)c1. The average molecular weight is 385 g/mol. The van der Waals surface area contributed by atoms with Gasteiger partial charge in [-0.05, 0) is 30.5 Å². The Morgan fingerprint density at radius 1 is 1.23 bits per heavy atom. The molecule has 0 spiro atoms. The van der Waals surface area contributed by atoms with E-state index in [1.165, 1.54) is 0 Å². The maximum Gasteiger partial charge on any atom is 0.257 e. The molecule has 0 N–H and O–H groups in total. The van der Waals surface area contributed by atoms with Gasteiger partial charge in [0.15, 0.2) is 11.6 Å². The fourth-order valence-electron chi connectivity index (χ4n) is 2.52. The van der Waals surface area contributed by atoms with Crippen LogP contribution in [-0.2, 0) is 23.6 Å². The summed E-state index contributed by atoms with van der Waals surface area (Å²) >= 11 is 1.56. The summed E-state index contributed by atoms with van der Waals surface area (Å²) in [5, 5.41) is 14.5. The molecule has 1 atom stereocenters. The monoisotopic (exact) mass is 385 g/mol. The highest BCUT2D eigenvalue weighted by atomic mass is 32.2. The maximum absolute atomic E-state index is 12.7. The second-order valence-corrected chi connectivity index (χ2v) is 8.01. The molecule has 1 unspecified atom stereocenters. The van der Waals surface area contributed by atoms with Gasteiger partial charge in [0.1, 0.15) is 0 Å². The first-order valence-corrected chi connectivity index (χ1v) is 10.0. The van der Waals surface area contributed by atoms with Crippen LogP contribution in [0, 0.1) is 6.92 Å². The van der Waals surface area contributed by atoms with Crippen molar-refractivity contribution in [3.63, 3.8) is 0 Å². The molecule has 0 fully saturated rings. The topological polar surface area (TPSA) is 86.7 Å². The van der Waals surface area contributed by atoms with Gasteiger partial charge in [-0.15, -0.1) is 21.5 Å². The number of aryl methyl sites for hydroxylation is 1. The highest BCUT2D eigenvalue weighted by Gasteiger charge is 2.19. The van der Waals surface area contributed by atoms with Crippen molar-refractivity contribution < 1.29 is 8.73 Å². The van der Waals surface area contributed by atoms with Gasteiger partial charge in [0, 0.05) is 12.6 Å². The van der Waals surface area contributed by atoms with E-state index in [0.29, 0.717) is 22.7 Å². The summed E-state index contributed by atoms with van der Waals surface area (Å²) in [6.45, 7) is 2.00. The third-order valence-corrected chi connectivity index (χ3v) is 5.92. The Balaban J connectivity index is 1.54. The Bertz CT molecular complexity index is 1070. The smallest absolute Gasteiger partial charge is 0.257 e. The van der Waals surface area contributed by atoms with E-state index < -0.39 is 10.8 Å². The lowest BCUT2D eigenvalue weighted by Gasteiger charge is -2.01. The molecule has 0 saturated carbocycles. The van der Waals surface area contributed by atoms with Gasteiger partial charge in [-0.2, -0.15) is 4.98 Å². The number of nitrogens with zero attached hydrogens (tertiary/aromatic N) is 5. The van der Waals surface area contributed by atoms with Crippen LogP contribution in [0.3, 0.4) is 0 Å². The zero-order valence-corrected chi connectivity index (χ0v) is 15.8. The van der Waals surface area contributed by atoms with Crippen LogP contribution in [0.2, 0.25) is 0 Å². The first kappa shape index (κ1) is 16.8. The summed E-state index contributed by atoms with van der Waals surface area (Å²) in [6, 6.07) is 11.7. The molecule has 0 amide bonds. The Labute approximate surface area is 156 Å². The normalized spacial score (nSPS) is 12.4. The standard InChI is InChI=1S/C17H15N5O2S2/c1-11-5-3-6-12(9-11)16-18-14(21-24-16)10-26(23)17-20-19-15(22(17)2)13-7-4-8-25-13/h3-9H,10H2,1-2H3. The van der Waals surface area contributed by atoms with E-state index in [4.69, 9.17) is 4.52 Å². The van der Waals surface area contributed by atoms with Crippen molar-refractivity contribution >= 4 is 22.1 Å². The summed E-state index contributed by atoms with van der Waals surface area (Å²) in [7, 11) is 0.377. The Morgan fingerprint density at radius 2 is 2.12 bits per heavy atom. The predicted octanol–water partition coefficient (Wildman–Crippen LogP) is 3.21. The Kier molecular flexibility index (Phi) is 4.48. The second-order valence-electron chi connectivity index (χ2n) is 5.72. The second kappa shape index (κ2) is 6.93. The van der Waals surface area contributed by atoms with Crippen LogP contribution in [0.4, 0.5) is 0 Å². The van der Waals surface area contributed by atoms with Gasteiger partial charge >= 0.3 is 0 Å². The molecular formula is C17H15N5O2S2. The van der Waals surface area contributed by atoms with E-state index in [0.717, 1.165) is 16.0 Å². The zero-order valence-electron chi connectivity index (χ0n) is 14.1. The molecule has 26 heavy (non-hydrogen) atoms. The van der Waals surface area contributed by atoms with E-state index >= 15 is 0 Å². The molecule has 7 nitrogen and oxygen atoms in total. The van der Waals surface area contributed by atoms with E-state index in [-0.39, 0.29) is 5.75 Å². The summed E-state index contributed by atoms with van der Waals surface area (Å²) < 4.78 is 19.7. The number of aromatic nitrogens is 5.